The van der Waals surface area contributed by atoms with Gasteiger partial charge in [0.2, 0.25) is 11.8 Å². The van der Waals surface area contributed by atoms with Gasteiger partial charge in [-0.15, -0.1) is 0 Å². The molecule has 0 atom stereocenters. The number of likely N-dealkylation sites (N-methyl/N-ethyl adjacent to an activating group) is 2. The Hall–Kier alpha value is -2.57. The maximum absolute atomic E-state index is 12.6. The highest BCUT2D eigenvalue weighted by molar-refractivity contribution is 5.95. The molecule has 0 unspecified atom stereocenters. The molecule has 1 aliphatic heterocycles. The van der Waals surface area contributed by atoms with E-state index >= 15 is 0 Å². The number of para-hydroxylation sites is 1. The highest BCUT2D eigenvalue weighted by Gasteiger charge is 2.23. The maximum atomic E-state index is 12.6. The number of aliphatic imine (C=N–C) groups is 1. The Balaban J connectivity index is 1.85. The molecular weight excluding hydrogens is 366 g/mol. The lowest BCUT2D eigenvalue weighted by atomic mass is 10.2. The summed E-state index contributed by atoms with van der Waals surface area (Å²) < 4.78 is 0. The number of rotatable bonds is 9. The van der Waals surface area contributed by atoms with Gasteiger partial charge in [-0.3, -0.25) is 14.6 Å². The van der Waals surface area contributed by atoms with E-state index in [0.29, 0.717) is 38.4 Å². The fourth-order valence-electron chi connectivity index (χ4n) is 3.57. The molecule has 1 N–H and O–H groups in total. The summed E-state index contributed by atoms with van der Waals surface area (Å²) >= 11 is 0. The van der Waals surface area contributed by atoms with Crippen LogP contribution in [0.5, 0.6) is 0 Å². The van der Waals surface area contributed by atoms with Crippen molar-refractivity contribution >= 4 is 23.5 Å². The van der Waals surface area contributed by atoms with Crippen LogP contribution >= 0.6 is 0 Å². The van der Waals surface area contributed by atoms with Crippen LogP contribution < -0.4 is 10.2 Å². The molecule has 0 bridgehead atoms. The Morgan fingerprint density at radius 2 is 1.90 bits per heavy atom. The summed E-state index contributed by atoms with van der Waals surface area (Å²) in [6.07, 6.45) is 2.08. The van der Waals surface area contributed by atoms with Gasteiger partial charge in [0, 0.05) is 51.9 Å². The highest BCUT2D eigenvalue weighted by Crippen LogP contribution is 2.27. The third-order valence-electron chi connectivity index (χ3n) is 5.18. The Bertz CT molecular complexity index is 715. The van der Waals surface area contributed by atoms with Gasteiger partial charge in [-0.2, -0.15) is 0 Å². The van der Waals surface area contributed by atoms with Crippen molar-refractivity contribution in [3.63, 3.8) is 0 Å². The molecule has 2 rings (SSSR count). The van der Waals surface area contributed by atoms with Gasteiger partial charge in [-0.25, -0.2) is 0 Å². The summed E-state index contributed by atoms with van der Waals surface area (Å²) in [7, 11) is 1.87. The summed E-state index contributed by atoms with van der Waals surface area (Å²) in [5.41, 5.74) is 2.29. The summed E-state index contributed by atoms with van der Waals surface area (Å²) in [5.74, 6) is 0.943. The van der Waals surface area contributed by atoms with E-state index < -0.39 is 0 Å². The molecule has 0 aromatic heterocycles. The van der Waals surface area contributed by atoms with Gasteiger partial charge in [-0.05, 0) is 45.2 Å². The number of carbonyl (C=O) groups is 2. The van der Waals surface area contributed by atoms with Crippen LogP contribution in [0.15, 0.2) is 29.3 Å². The van der Waals surface area contributed by atoms with Crippen molar-refractivity contribution in [2.24, 2.45) is 4.99 Å². The molecule has 1 heterocycles. The lowest BCUT2D eigenvalue weighted by Crippen LogP contribution is -2.45. The van der Waals surface area contributed by atoms with Crippen LogP contribution in [0.4, 0.5) is 5.69 Å². The van der Waals surface area contributed by atoms with Gasteiger partial charge < -0.3 is 20.0 Å². The lowest BCUT2D eigenvalue weighted by molar-refractivity contribution is -0.131. The predicted molar refractivity (Wildman–Crippen MR) is 118 cm³/mol. The van der Waals surface area contributed by atoms with E-state index in [9.17, 15) is 9.59 Å². The van der Waals surface area contributed by atoms with Crippen molar-refractivity contribution < 1.29 is 9.59 Å². The topological polar surface area (TPSA) is 68.2 Å². The molecule has 0 radical (unpaired) electrons. The largest absolute Gasteiger partial charge is 0.357 e. The Labute approximate surface area is 174 Å². The number of benzene rings is 1. The smallest absolute Gasteiger partial charge is 0.242 e. The third-order valence-corrected chi connectivity index (χ3v) is 5.18. The molecule has 0 spiro atoms. The zero-order chi connectivity index (χ0) is 21.2. The second-order valence-corrected chi connectivity index (χ2v) is 7.19. The molecule has 1 aromatic carbocycles. The zero-order valence-electron chi connectivity index (χ0n) is 18.3. The molecule has 0 saturated carbocycles. The van der Waals surface area contributed by atoms with Crippen molar-refractivity contribution in [1.82, 2.24) is 15.1 Å². The quantitative estimate of drug-likeness (QED) is 0.391. The van der Waals surface area contributed by atoms with E-state index in [1.54, 1.807) is 0 Å². The molecule has 29 heavy (non-hydrogen) atoms. The summed E-state index contributed by atoms with van der Waals surface area (Å²) in [4.78, 5) is 35.1. The van der Waals surface area contributed by atoms with Gasteiger partial charge in [0.1, 0.15) is 0 Å². The molecule has 0 saturated heterocycles. The van der Waals surface area contributed by atoms with E-state index in [0.717, 1.165) is 25.2 Å². The van der Waals surface area contributed by atoms with Crippen LogP contribution in [0.2, 0.25) is 0 Å². The Morgan fingerprint density at radius 1 is 1.17 bits per heavy atom. The monoisotopic (exact) mass is 401 g/mol. The number of nitrogens with one attached hydrogen (secondary N) is 1. The normalized spacial score (nSPS) is 13.2. The van der Waals surface area contributed by atoms with E-state index in [-0.39, 0.29) is 18.4 Å². The van der Waals surface area contributed by atoms with Gasteiger partial charge in [0.05, 0.1) is 6.54 Å². The van der Waals surface area contributed by atoms with Crippen LogP contribution in [0.3, 0.4) is 0 Å². The molecule has 7 heteroatoms. The molecular formula is C22H35N5O2. The van der Waals surface area contributed by atoms with Crippen LogP contribution in [0.1, 0.15) is 39.2 Å². The van der Waals surface area contributed by atoms with Crippen molar-refractivity contribution in [3.8, 4) is 0 Å². The Kier molecular flexibility index (Phi) is 8.96. The number of amides is 2. The first-order valence-electron chi connectivity index (χ1n) is 10.7. The highest BCUT2D eigenvalue weighted by atomic mass is 16.2. The molecule has 2 amide bonds. The average Bonchev–Trinajstić information content (AvgIpc) is 3.15. The SMILES string of the molecule is CCNC(=NCCCC(=O)N1CCc2ccccc21)N(C)CC(=O)N(CC)CC. The van der Waals surface area contributed by atoms with Crippen molar-refractivity contribution in [1.29, 1.82) is 0 Å². The number of carbonyl (C=O) groups excluding carboxylic acids is 2. The first kappa shape index (κ1) is 22.7. The average molecular weight is 402 g/mol. The standard InChI is InChI=1S/C22H35N5O2/c1-5-23-22(25(4)17-21(29)26(6-2)7-3)24-15-10-13-20(28)27-16-14-18-11-8-9-12-19(18)27/h8-9,11-12H,5-7,10,13-17H2,1-4H3,(H,23,24). The molecule has 1 aliphatic rings. The number of anilines is 1. The second kappa shape index (κ2) is 11.4. The molecule has 1 aromatic rings. The minimum Gasteiger partial charge on any atom is -0.357 e. The van der Waals surface area contributed by atoms with Crippen LogP contribution in [0, 0.1) is 0 Å². The fraction of sp³-hybridized carbons (Fsp3) is 0.591. The summed E-state index contributed by atoms with van der Waals surface area (Å²) in [6.45, 7) is 9.71. The van der Waals surface area contributed by atoms with E-state index in [1.807, 2.05) is 60.7 Å². The molecule has 0 aliphatic carbocycles. The predicted octanol–water partition coefficient (Wildman–Crippen LogP) is 2.12. The van der Waals surface area contributed by atoms with Crippen LogP contribution in [0.25, 0.3) is 0 Å². The number of hydrogen-bond donors (Lipinski definition) is 1. The minimum atomic E-state index is 0.0889. The summed E-state index contributed by atoms with van der Waals surface area (Å²) in [6, 6.07) is 8.10. The first-order valence-corrected chi connectivity index (χ1v) is 10.7. The van der Waals surface area contributed by atoms with E-state index in [2.05, 4.69) is 16.4 Å². The van der Waals surface area contributed by atoms with Crippen LogP contribution in [-0.4, -0.2) is 73.9 Å². The number of guanidine groups is 1. The van der Waals surface area contributed by atoms with Gasteiger partial charge in [0.15, 0.2) is 5.96 Å². The summed E-state index contributed by atoms with van der Waals surface area (Å²) in [5, 5.41) is 3.23. The molecule has 0 fully saturated rings. The van der Waals surface area contributed by atoms with Crippen molar-refractivity contribution in [3.05, 3.63) is 29.8 Å². The minimum absolute atomic E-state index is 0.0889. The van der Waals surface area contributed by atoms with Gasteiger partial charge in [0.25, 0.3) is 0 Å². The zero-order valence-corrected chi connectivity index (χ0v) is 18.3. The van der Waals surface area contributed by atoms with Crippen molar-refractivity contribution in [2.75, 3.05) is 51.2 Å². The number of fused-ring (bicyclic) bond motifs is 1. The number of hydrogen-bond acceptors (Lipinski definition) is 3. The number of nitrogens with zero attached hydrogens (tertiary/aromatic N) is 4. The molecule has 160 valence electrons. The van der Waals surface area contributed by atoms with Crippen molar-refractivity contribution in [2.45, 2.75) is 40.0 Å². The third kappa shape index (κ3) is 6.21. The van der Waals surface area contributed by atoms with Crippen LogP contribution in [-0.2, 0) is 16.0 Å². The maximum Gasteiger partial charge on any atom is 0.242 e. The van der Waals surface area contributed by atoms with E-state index in [1.165, 1.54) is 5.56 Å². The van der Waals surface area contributed by atoms with Gasteiger partial charge in [-0.1, -0.05) is 18.2 Å². The first-order chi connectivity index (χ1) is 14.0. The fourth-order valence-corrected chi connectivity index (χ4v) is 3.57. The lowest BCUT2D eigenvalue weighted by Gasteiger charge is -2.25. The van der Waals surface area contributed by atoms with E-state index in [4.69, 9.17) is 0 Å². The van der Waals surface area contributed by atoms with Gasteiger partial charge >= 0.3 is 0 Å². The molecule has 7 nitrogen and oxygen atoms in total. The second-order valence-electron chi connectivity index (χ2n) is 7.19. The Morgan fingerprint density at radius 3 is 2.59 bits per heavy atom.